The molecule has 2 aliphatic rings. The molecule has 2 rings (SSSR count). The lowest BCUT2D eigenvalue weighted by molar-refractivity contribution is -0.0149. The fourth-order valence-electron chi connectivity index (χ4n) is 3.02. The summed E-state index contributed by atoms with van der Waals surface area (Å²) in [6, 6.07) is 0.705. The first-order chi connectivity index (χ1) is 7.33. The average molecular weight is 211 g/mol. The standard InChI is InChI=1S/C12H25N3/c1-3-14-8-5-4-6-12(14)15-9-7-13-10-11(15)2/h11-13H,3-10H2,1-2H3. The Morgan fingerprint density at radius 3 is 2.87 bits per heavy atom. The van der Waals surface area contributed by atoms with E-state index in [-0.39, 0.29) is 0 Å². The van der Waals surface area contributed by atoms with Crippen molar-refractivity contribution in [3.8, 4) is 0 Å². The molecule has 15 heavy (non-hydrogen) atoms. The largest absolute Gasteiger partial charge is 0.314 e. The molecule has 3 nitrogen and oxygen atoms in total. The highest BCUT2D eigenvalue weighted by molar-refractivity contribution is 4.84. The van der Waals surface area contributed by atoms with Gasteiger partial charge in [-0.3, -0.25) is 9.80 Å². The topological polar surface area (TPSA) is 18.5 Å². The van der Waals surface area contributed by atoms with Crippen LogP contribution in [0.5, 0.6) is 0 Å². The number of nitrogens with one attached hydrogen (secondary N) is 1. The van der Waals surface area contributed by atoms with E-state index in [1.54, 1.807) is 0 Å². The molecule has 0 radical (unpaired) electrons. The predicted octanol–water partition coefficient (Wildman–Crippen LogP) is 1.11. The molecular weight excluding hydrogens is 186 g/mol. The van der Waals surface area contributed by atoms with Crippen molar-refractivity contribution in [1.29, 1.82) is 0 Å². The minimum atomic E-state index is 0.705. The Balaban J connectivity index is 1.99. The van der Waals surface area contributed by atoms with Crippen molar-refractivity contribution < 1.29 is 0 Å². The van der Waals surface area contributed by atoms with Gasteiger partial charge in [0.15, 0.2) is 0 Å². The van der Waals surface area contributed by atoms with Crippen LogP contribution >= 0.6 is 0 Å². The van der Waals surface area contributed by atoms with E-state index < -0.39 is 0 Å². The van der Waals surface area contributed by atoms with Gasteiger partial charge in [-0.25, -0.2) is 0 Å². The Morgan fingerprint density at radius 2 is 2.13 bits per heavy atom. The Hall–Kier alpha value is -0.120. The maximum absolute atomic E-state index is 3.48. The van der Waals surface area contributed by atoms with E-state index in [0.29, 0.717) is 6.04 Å². The first kappa shape index (κ1) is 11.4. The number of piperidine rings is 1. The van der Waals surface area contributed by atoms with Crippen LogP contribution in [-0.2, 0) is 0 Å². The summed E-state index contributed by atoms with van der Waals surface area (Å²) in [4.78, 5) is 5.37. The molecule has 2 heterocycles. The van der Waals surface area contributed by atoms with Crippen LogP contribution in [0.1, 0.15) is 33.1 Å². The minimum Gasteiger partial charge on any atom is -0.314 e. The summed E-state index contributed by atoms with van der Waals surface area (Å²) >= 11 is 0. The van der Waals surface area contributed by atoms with E-state index >= 15 is 0 Å². The summed E-state index contributed by atoms with van der Waals surface area (Å²) in [6.45, 7) is 10.7. The first-order valence-electron chi connectivity index (χ1n) is 6.53. The molecule has 0 spiro atoms. The molecule has 2 saturated heterocycles. The molecule has 0 saturated carbocycles. The lowest BCUT2D eigenvalue weighted by Crippen LogP contribution is -2.60. The van der Waals surface area contributed by atoms with E-state index in [1.807, 2.05) is 0 Å². The molecule has 0 amide bonds. The van der Waals surface area contributed by atoms with Crippen LogP contribution in [0.4, 0.5) is 0 Å². The van der Waals surface area contributed by atoms with Crippen LogP contribution < -0.4 is 5.32 Å². The molecule has 3 heteroatoms. The van der Waals surface area contributed by atoms with Gasteiger partial charge in [0.25, 0.3) is 0 Å². The molecule has 88 valence electrons. The number of likely N-dealkylation sites (tertiary alicyclic amines) is 1. The highest BCUT2D eigenvalue weighted by atomic mass is 15.4. The number of nitrogens with zero attached hydrogens (tertiary/aromatic N) is 2. The van der Waals surface area contributed by atoms with Crippen LogP contribution in [0.15, 0.2) is 0 Å². The molecule has 1 N–H and O–H groups in total. The van der Waals surface area contributed by atoms with Gasteiger partial charge in [-0.05, 0) is 39.3 Å². The highest BCUT2D eigenvalue weighted by Crippen LogP contribution is 2.22. The molecule has 2 atom stereocenters. The quantitative estimate of drug-likeness (QED) is 0.738. The summed E-state index contributed by atoms with van der Waals surface area (Å²) < 4.78 is 0. The summed E-state index contributed by atoms with van der Waals surface area (Å²) in [5.41, 5.74) is 0. The number of hydrogen-bond donors (Lipinski definition) is 1. The first-order valence-corrected chi connectivity index (χ1v) is 6.53. The maximum atomic E-state index is 3.48. The van der Waals surface area contributed by atoms with E-state index in [2.05, 4.69) is 29.0 Å². The van der Waals surface area contributed by atoms with Crippen molar-refractivity contribution in [3.63, 3.8) is 0 Å². The minimum absolute atomic E-state index is 0.705. The van der Waals surface area contributed by atoms with E-state index in [1.165, 1.54) is 45.4 Å². The number of hydrogen-bond acceptors (Lipinski definition) is 3. The lowest BCUT2D eigenvalue weighted by atomic mass is 10.0. The lowest BCUT2D eigenvalue weighted by Gasteiger charge is -2.47. The maximum Gasteiger partial charge on any atom is 0.0625 e. The second-order valence-electron chi connectivity index (χ2n) is 4.90. The van der Waals surface area contributed by atoms with Crippen molar-refractivity contribution >= 4 is 0 Å². The third-order valence-corrected chi connectivity index (χ3v) is 3.92. The predicted molar refractivity (Wildman–Crippen MR) is 63.9 cm³/mol. The normalized spacial score (nSPS) is 35.6. The summed E-state index contributed by atoms with van der Waals surface area (Å²) in [6.07, 6.45) is 4.90. The van der Waals surface area contributed by atoms with Crippen LogP contribution in [0.2, 0.25) is 0 Å². The third-order valence-electron chi connectivity index (χ3n) is 3.92. The Bertz CT molecular complexity index is 195. The fourth-order valence-corrected chi connectivity index (χ4v) is 3.02. The number of rotatable bonds is 2. The van der Waals surface area contributed by atoms with Gasteiger partial charge in [-0.1, -0.05) is 6.92 Å². The zero-order valence-corrected chi connectivity index (χ0v) is 10.2. The fraction of sp³-hybridized carbons (Fsp3) is 1.00. The smallest absolute Gasteiger partial charge is 0.0625 e. The Labute approximate surface area is 93.8 Å². The molecule has 0 aromatic heterocycles. The second kappa shape index (κ2) is 5.28. The van der Waals surface area contributed by atoms with Gasteiger partial charge >= 0.3 is 0 Å². The van der Waals surface area contributed by atoms with Crippen molar-refractivity contribution in [1.82, 2.24) is 15.1 Å². The van der Waals surface area contributed by atoms with Crippen molar-refractivity contribution in [2.75, 3.05) is 32.7 Å². The molecule has 0 bridgehead atoms. The molecular formula is C12H25N3. The molecule has 2 unspecified atom stereocenters. The monoisotopic (exact) mass is 211 g/mol. The van der Waals surface area contributed by atoms with Gasteiger partial charge < -0.3 is 5.32 Å². The molecule has 0 aromatic rings. The zero-order chi connectivity index (χ0) is 10.7. The molecule has 2 fully saturated rings. The van der Waals surface area contributed by atoms with Crippen molar-refractivity contribution in [2.24, 2.45) is 0 Å². The van der Waals surface area contributed by atoms with Gasteiger partial charge in [0.2, 0.25) is 0 Å². The van der Waals surface area contributed by atoms with Gasteiger partial charge in [0.1, 0.15) is 0 Å². The van der Waals surface area contributed by atoms with Crippen molar-refractivity contribution in [2.45, 2.75) is 45.3 Å². The Morgan fingerprint density at radius 1 is 1.27 bits per heavy atom. The second-order valence-corrected chi connectivity index (χ2v) is 4.90. The highest BCUT2D eigenvalue weighted by Gasteiger charge is 2.30. The van der Waals surface area contributed by atoms with E-state index in [4.69, 9.17) is 0 Å². The van der Waals surface area contributed by atoms with Crippen LogP contribution in [0, 0.1) is 0 Å². The third kappa shape index (κ3) is 2.52. The molecule has 2 aliphatic heterocycles. The zero-order valence-electron chi connectivity index (χ0n) is 10.2. The van der Waals surface area contributed by atoms with Gasteiger partial charge in [-0.15, -0.1) is 0 Å². The van der Waals surface area contributed by atoms with Gasteiger partial charge in [0.05, 0.1) is 6.17 Å². The average Bonchev–Trinajstić information content (AvgIpc) is 2.30. The van der Waals surface area contributed by atoms with Gasteiger partial charge in [0, 0.05) is 25.7 Å². The Kier molecular flexibility index (Phi) is 4.00. The van der Waals surface area contributed by atoms with Gasteiger partial charge in [-0.2, -0.15) is 0 Å². The summed E-state index contributed by atoms with van der Waals surface area (Å²) in [5.74, 6) is 0. The molecule has 0 aliphatic carbocycles. The number of piperazine rings is 1. The van der Waals surface area contributed by atoms with Crippen molar-refractivity contribution in [3.05, 3.63) is 0 Å². The van der Waals surface area contributed by atoms with E-state index in [9.17, 15) is 0 Å². The van der Waals surface area contributed by atoms with Crippen LogP contribution in [0.25, 0.3) is 0 Å². The summed E-state index contributed by atoms with van der Waals surface area (Å²) in [7, 11) is 0. The van der Waals surface area contributed by atoms with E-state index in [0.717, 1.165) is 12.7 Å². The summed E-state index contributed by atoms with van der Waals surface area (Å²) in [5, 5.41) is 3.48. The molecule has 0 aromatic carbocycles. The SMILES string of the molecule is CCN1CCCCC1N1CCNCC1C. The van der Waals surface area contributed by atoms with Crippen LogP contribution in [-0.4, -0.2) is 54.7 Å². The van der Waals surface area contributed by atoms with Crippen LogP contribution in [0.3, 0.4) is 0 Å².